The summed E-state index contributed by atoms with van der Waals surface area (Å²) < 4.78 is 24.5. The lowest BCUT2D eigenvalue weighted by molar-refractivity contribution is 0.224. The van der Waals surface area contributed by atoms with E-state index >= 15 is 0 Å². The van der Waals surface area contributed by atoms with Crippen molar-refractivity contribution in [2.45, 2.75) is 19.0 Å². The van der Waals surface area contributed by atoms with E-state index in [4.69, 9.17) is 9.05 Å². The van der Waals surface area contributed by atoms with Crippen molar-refractivity contribution in [2.24, 2.45) is 0 Å². The van der Waals surface area contributed by atoms with Crippen molar-refractivity contribution < 1.29 is 13.6 Å². The summed E-state index contributed by atoms with van der Waals surface area (Å²) in [5, 5.41) is 12.1. The first-order valence-electron chi connectivity index (χ1n) is 6.53. The van der Waals surface area contributed by atoms with Crippen LogP contribution >= 0.6 is 19.4 Å². The number of tetrazole rings is 1. The van der Waals surface area contributed by atoms with Crippen LogP contribution in [-0.4, -0.2) is 38.9 Å². The summed E-state index contributed by atoms with van der Waals surface area (Å²) in [5.41, 5.74) is 1.01. The van der Waals surface area contributed by atoms with Crippen LogP contribution in [0.3, 0.4) is 0 Å². The first kappa shape index (κ1) is 16.2. The third-order valence-electron chi connectivity index (χ3n) is 2.45. The summed E-state index contributed by atoms with van der Waals surface area (Å²) >= 11 is 1.25. The van der Waals surface area contributed by atoms with Crippen LogP contribution in [0.15, 0.2) is 35.5 Å². The summed E-state index contributed by atoms with van der Waals surface area (Å²) in [6.45, 7) is 4.23. The zero-order valence-corrected chi connectivity index (χ0v) is 13.6. The van der Waals surface area contributed by atoms with E-state index in [9.17, 15) is 4.57 Å². The van der Waals surface area contributed by atoms with Crippen molar-refractivity contribution in [2.75, 3.05) is 18.7 Å². The molecule has 1 heterocycles. The molecule has 0 atom stereocenters. The SMILES string of the molecule is CCOP(=O)(CSc1nnnn1-c1ccccc1)OCC. The lowest BCUT2D eigenvalue weighted by atomic mass is 10.3. The molecule has 1 aromatic carbocycles. The number of rotatable bonds is 8. The topological polar surface area (TPSA) is 79.1 Å². The van der Waals surface area contributed by atoms with Crippen LogP contribution in [0.2, 0.25) is 0 Å². The smallest absolute Gasteiger partial charge is 0.308 e. The zero-order chi connectivity index (χ0) is 15.1. The maximum Gasteiger partial charge on any atom is 0.340 e. The van der Waals surface area contributed by atoms with Crippen LogP contribution < -0.4 is 0 Å². The molecule has 114 valence electrons. The van der Waals surface area contributed by atoms with Gasteiger partial charge in [-0.25, -0.2) is 0 Å². The van der Waals surface area contributed by atoms with E-state index < -0.39 is 7.60 Å². The maximum atomic E-state index is 12.4. The number of benzene rings is 1. The molecule has 0 bridgehead atoms. The molecule has 0 aliphatic rings. The van der Waals surface area contributed by atoms with Gasteiger partial charge in [0.05, 0.1) is 18.9 Å². The molecule has 0 aliphatic carbocycles. The third-order valence-corrected chi connectivity index (χ3v) is 6.04. The summed E-state index contributed by atoms with van der Waals surface area (Å²) in [7, 11) is -3.12. The van der Waals surface area contributed by atoms with Crippen LogP contribution in [0.25, 0.3) is 5.69 Å². The molecule has 1 aromatic heterocycles. The van der Waals surface area contributed by atoms with Crippen LogP contribution in [0.1, 0.15) is 13.8 Å². The van der Waals surface area contributed by atoms with E-state index in [2.05, 4.69) is 15.5 Å². The number of hydrogen-bond acceptors (Lipinski definition) is 7. The normalized spacial score (nSPS) is 11.7. The summed E-state index contributed by atoms with van der Waals surface area (Å²) in [5.74, 6) is 0. The van der Waals surface area contributed by atoms with Crippen molar-refractivity contribution in [3.8, 4) is 5.69 Å². The van der Waals surface area contributed by atoms with Gasteiger partial charge >= 0.3 is 7.60 Å². The lowest BCUT2D eigenvalue weighted by Crippen LogP contribution is -2.01. The highest BCUT2D eigenvalue weighted by Gasteiger charge is 2.25. The van der Waals surface area contributed by atoms with E-state index in [0.29, 0.717) is 18.4 Å². The van der Waals surface area contributed by atoms with E-state index in [-0.39, 0.29) is 5.49 Å². The van der Waals surface area contributed by atoms with Gasteiger partial charge < -0.3 is 9.05 Å². The molecule has 7 nitrogen and oxygen atoms in total. The first-order chi connectivity index (χ1) is 10.2. The summed E-state index contributed by atoms with van der Waals surface area (Å²) in [6.07, 6.45) is 0. The van der Waals surface area contributed by atoms with Gasteiger partial charge in [0.15, 0.2) is 0 Å². The molecule has 0 spiro atoms. The molecule has 0 saturated carbocycles. The van der Waals surface area contributed by atoms with Gasteiger partial charge in [-0.1, -0.05) is 30.0 Å². The second kappa shape index (κ2) is 7.70. The number of para-hydroxylation sites is 1. The Morgan fingerprint density at radius 2 is 1.86 bits per heavy atom. The molecule has 2 rings (SSSR count). The molecule has 0 aliphatic heterocycles. The molecule has 21 heavy (non-hydrogen) atoms. The highest BCUT2D eigenvalue weighted by molar-refractivity contribution is 8.04. The average Bonchev–Trinajstić information content (AvgIpc) is 2.95. The van der Waals surface area contributed by atoms with Gasteiger partial charge in [0, 0.05) is 0 Å². The fourth-order valence-electron chi connectivity index (χ4n) is 1.64. The van der Waals surface area contributed by atoms with Crippen molar-refractivity contribution in [3.05, 3.63) is 30.3 Å². The van der Waals surface area contributed by atoms with Crippen LogP contribution in [0.5, 0.6) is 0 Å². The summed E-state index contributed by atoms with van der Waals surface area (Å²) in [4.78, 5) is 0. The highest BCUT2D eigenvalue weighted by atomic mass is 32.2. The molecule has 9 heteroatoms. The van der Waals surface area contributed by atoms with Gasteiger partial charge in [0.2, 0.25) is 5.16 Å². The predicted octanol–water partition coefficient (Wildman–Crippen LogP) is 2.98. The van der Waals surface area contributed by atoms with Crippen LogP contribution in [0, 0.1) is 0 Å². The fourth-order valence-corrected chi connectivity index (χ4v) is 4.55. The third kappa shape index (κ3) is 4.38. The fraction of sp³-hybridized carbons (Fsp3) is 0.417. The van der Waals surface area contributed by atoms with E-state index in [1.54, 1.807) is 18.5 Å². The average molecular weight is 328 g/mol. The Hall–Kier alpha value is -1.21. The quantitative estimate of drug-likeness (QED) is 0.544. The van der Waals surface area contributed by atoms with Crippen molar-refractivity contribution in [1.29, 1.82) is 0 Å². The molecule has 0 amide bonds. The number of nitrogens with zero attached hydrogens (tertiary/aromatic N) is 4. The monoisotopic (exact) mass is 328 g/mol. The molecular weight excluding hydrogens is 311 g/mol. The largest absolute Gasteiger partial charge is 0.340 e. The Bertz CT molecular complexity index is 598. The van der Waals surface area contributed by atoms with Crippen molar-refractivity contribution in [1.82, 2.24) is 20.2 Å². The van der Waals surface area contributed by atoms with E-state index in [1.807, 2.05) is 30.3 Å². The minimum atomic E-state index is -3.12. The van der Waals surface area contributed by atoms with Gasteiger partial charge in [-0.05, 0) is 36.4 Å². The predicted molar refractivity (Wildman–Crippen MR) is 80.7 cm³/mol. The zero-order valence-electron chi connectivity index (χ0n) is 11.9. The Balaban J connectivity index is 2.11. The molecule has 2 aromatic rings. The Kier molecular flexibility index (Phi) is 5.93. The van der Waals surface area contributed by atoms with Gasteiger partial charge in [-0.3, -0.25) is 4.57 Å². The first-order valence-corrected chi connectivity index (χ1v) is 9.24. The molecule has 0 fully saturated rings. The van der Waals surface area contributed by atoms with Crippen molar-refractivity contribution in [3.63, 3.8) is 0 Å². The van der Waals surface area contributed by atoms with Gasteiger partial charge in [-0.15, -0.1) is 5.10 Å². The molecule has 0 saturated heterocycles. The standard InChI is InChI=1S/C12H17N4O3PS/c1-3-18-20(17,19-4-2)10-21-12-13-14-15-16(12)11-8-6-5-7-9-11/h5-9H,3-4,10H2,1-2H3. The van der Waals surface area contributed by atoms with Crippen molar-refractivity contribution >= 4 is 19.4 Å². The minimum Gasteiger partial charge on any atom is -0.308 e. The molecule has 0 unspecified atom stereocenters. The van der Waals surface area contributed by atoms with Crippen LogP contribution in [0.4, 0.5) is 0 Å². The maximum absolute atomic E-state index is 12.4. The van der Waals surface area contributed by atoms with Crippen LogP contribution in [-0.2, 0) is 13.6 Å². The lowest BCUT2D eigenvalue weighted by Gasteiger charge is -2.15. The van der Waals surface area contributed by atoms with E-state index in [0.717, 1.165) is 5.69 Å². The Morgan fingerprint density at radius 1 is 1.19 bits per heavy atom. The number of hydrogen-bond donors (Lipinski definition) is 0. The van der Waals surface area contributed by atoms with E-state index in [1.165, 1.54) is 11.8 Å². The summed E-state index contributed by atoms with van der Waals surface area (Å²) in [6, 6.07) is 9.50. The minimum absolute atomic E-state index is 0.169. The number of thioether (sulfide) groups is 1. The van der Waals surface area contributed by atoms with Gasteiger partial charge in [0.25, 0.3) is 0 Å². The second-order valence-corrected chi connectivity index (χ2v) is 7.35. The molecule has 0 N–H and O–H groups in total. The number of aromatic nitrogens is 4. The van der Waals surface area contributed by atoms with Gasteiger partial charge in [0.1, 0.15) is 5.49 Å². The second-order valence-electron chi connectivity index (χ2n) is 3.93. The van der Waals surface area contributed by atoms with Gasteiger partial charge in [-0.2, -0.15) is 4.68 Å². The Labute approximate surface area is 127 Å². The molecular formula is C12H17N4O3PS. The Morgan fingerprint density at radius 3 is 2.48 bits per heavy atom. The highest BCUT2D eigenvalue weighted by Crippen LogP contribution is 2.51. The molecule has 0 radical (unpaired) electrons.